The Morgan fingerprint density at radius 2 is 2.07 bits per heavy atom. The number of nitrogens with one attached hydrogen (secondary N) is 1. The van der Waals surface area contributed by atoms with Crippen LogP contribution in [-0.4, -0.2) is 13.7 Å². The van der Waals surface area contributed by atoms with Crippen LogP contribution in [-0.2, 0) is 16.6 Å². The average molecular weight is 228 g/mol. The Hall–Kier alpha value is -1.07. The molecule has 0 aliphatic carbocycles. The van der Waals surface area contributed by atoms with Gasteiger partial charge in [-0.2, -0.15) is 0 Å². The molecule has 0 saturated heterocycles. The molecule has 4 nitrogen and oxygen atoms in total. The van der Waals surface area contributed by atoms with Crippen LogP contribution in [0, 0.1) is 0 Å². The lowest BCUT2D eigenvalue weighted by molar-refractivity contribution is 0.593. The third-order valence-electron chi connectivity index (χ3n) is 2.04. The van der Waals surface area contributed by atoms with Crippen LogP contribution < -0.4 is 10.5 Å². The van der Waals surface area contributed by atoms with E-state index in [2.05, 4.69) is 4.72 Å². The van der Waals surface area contributed by atoms with Crippen molar-refractivity contribution < 1.29 is 8.42 Å². The molecule has 1 rings (SSSR count). The SMILES string of the molecule is CC(C)S(=O)(=O)Nc1cccc(CN)c1. The van der Waals surface area contributed by atoms with Gasteiger partial charge in [-0.1, -0.05) is 12.1 Å². The van der Waals surface area contributed by atoms with Gasteiger partial charge in [0.25, 0.3) is 0 Å². The summed E-state index contributed by atoms with van der Waals surface area (Å²) in [7, 11) is -3.27. The Morgan fingerprint density at radius 1 is 1.40 bits per heavy atom. The maximum atomic E-state index is 11.6. The number of hydrogen-bond acceptors (Lipinski definition) is 3. The van der Waals surface area contributed by atoms with Crippen molar-refractivity contribution in [3.05, 3.63) is 29.8 Å². The largest absolute Gasteiger partial charge is 0.326 e. The van der Waals surface area contributed by atoms with E-state index in [0.29, 0.717) is 12.2 Å². The van der Waals surface area contributed by atoms with Crippen LogP contribution in [0.15, 0.2) is 24.3 Å². The van der Waals surface area contributed by atoms with Gasteiger partial charge in [0.2, 0.25) is 10.0 Å². The molecule has 0 heterocycles. The standard InChI is InChI=1S/C10H16N2O2S/c1-8(2)15(13,14)12-10-5-3-4-9(6-10)7-11/h3-6,8,12H,7,11H2,1-2H3. The average Bonchev–Trinajstić information content (AvgIpc) is 2.17. The summed E-state index contributed by atoms with van der Waals surface area (Å²) in [5.41, 5.74) is 6.93. The Morgan fingerprint density at radius 3 is 2.60 bits per heavy atom. The van der Waals surface area contributed by atoms with E-state index in [1.807, 2.05) is 6.07 Å². The molecule has 0 unspecified atom stereocenters. The molecule has 0 amide bonds. The van der Waals surface area contributed by atoms with Crippen molar-refractivity contribution in [1.29, 1.82) is 0 Å². The molecular weight excluding hydrogens is 212 g/mol. The highest BCUT2D eigenvalue weighted by atomic mass is 32.2. The van der Waals surface area contributed by atoms with E-state index in [1.54, 1.807) is 32.0 Å². The topological polar surface area (TPSA) is 72.2 Å². The van der Waals surface area contributed by atoms with Crippen LogP contribution in [0.3, 0.4) is 0 Å². The quantitative estimate of drug-likeness (QED) is 0.815. The van der Waals surface area contributed by atoms with Crippen molar-refractivity contribution in [3.63, 3.8) is 0 Å². The molecule has 3 N–H and O–H groups in total. The third-order valence-corrected chi connectivity index (χ3v) is 3.80. The van der Waals surface area contributed by atoms with Crippen LogP contribution in [0.2, 0.25) is 0 Å². The lowest BCUT2D eigenvalue weighted by atomic mass is 10.2. The predicted molar refractivity (Wildman–Crippen MR) is 62.0 cm³/mol. The van der Waals surface area contributed by atoms with Crippen molar-refractivity contribution in [2.45, 2.75) is 25.6 Å². The van der Waals surface area contributed by atoms with Gasteiger partial charge < -0.3 is 5.73 Å². The summed E-state index contributed by atoms with van der Waals surface area (Å²) in [6, 6.07) is 7.08. The minimum Gasteiger partial charge on any atom is -0.326 e. The third kappa shape index (κ3) is 3.21. The van der Waals surface area contributed by atoms with E-state index in [4.69, 9.17) is 5.73 Å². The van der Waals surface area contributed by atoms with Gasteiger partial charge in [-0.15, -0.1) is 0 Å². The molecule has 0 aliphatic heterocycles. The molecule has 0 radical (unpaired) electrons. The minimum atomic E-state index is -3.27. The number of hydrogen-bond donors (Lipinski definition) is 2. The number of anilines is 1. The van der Waals surface area contributed by atoms with Gasteiger partial charge in [0, 0.05) is 12.2 Å². The monoisotopic (exact) mass is 228 g/mol. The molecule has 0 atom stereocenters. The summed E-state index contributed by atoms with van der Waals surface area (Å²) in [5, 5.41) is -0.445. The fourth-order valence-corrected chi connectivity index (χ4v) is 1.74. The van der Waals surface area contributed by atoms with Crippen LogP contribution in [0.25, 0.3) is 0 Å². The Bertz CT molecular complexity index is 427. The molecule has 0 saturated carbocycles. The Balaban J connectivity index is 2.90. The number of rotatable bonds is 4. The zero-order valence-electron chi connectivity index (χ0n) is 8.90. The van der Waals surface area contributed by atoms with E-state index in [0.717, 1.165) is 5.56 Å². The molecule has 84 valence electrons. The van der Waals surface area contributed by atoms with E-state index >= 15 is 0 Å². The fraction of sp³-hybridized carbons (Fsp3) is 0.400. The first-order valence-electron chi connectivity index (χ1n) is 4.76. The van der Waals surface area contributed by atoms with Gasteiger partial charge in [-0.05, 0) is 31.5 Å². The zero-order valence-corrected chi connectivity index (χ0v) is 9.71. The van der Waals surface area contributed by atoms with E-state index in [9.17, 15) is 8.42 Å². The maximum absolute atomic E-state index is 11.6. The van der Waals surface area contributed by atoms with Gasteiger partial charge in [0.15, 0.2) is 0 Å². The molecule has 0 bridgehead atoms. The van der Waals surface area contributed by atoms with Crippen LogP contribution >= 0.6 is 0 Å². The van der Waals surface area contributed by atoms with Crippen molar-refractivity contribution in [2.75, 3.05) is 4.72 Å². The van der Waals surface area contributed by atoms with E-state index in [-0.39, 0.29) is 0 Å². The van der Waals surface area contributed by atoms with Crippen LogP contribution in [0.4, 0.5) is 5.69 Å². The van der Waals surface area contributed by atoms with Crippen LogP contribution in [0.5, 0.6) is 0 Å². The second-order valence-corrected chi connectivity index (χ2v) is 5.84. The van der Waals surface area contributed by atoms with Crippen molar-refractivity contribution in [2.24, 2.45) is 5.73 Å². The Labute approximate surface area is 90.5 Å². The number of nitrogens with two attached hydrogens (primary N) is 1. The smallest absolute Gasteiger partial charge is 0.235 e. The molecule has 1 aromatic carbocycles. The molecule has 0 fully saturated rings. The van der Waals surface area contributed by atoms with Gasteiger partial charge >= 0.3 is 0 Å². The normalized spacial score (nSPS) is 11.7. The highest BCUT2D eigenvalue weighted by Crippen LogP contribution is 2.13. The minimum absolute atomic E-state index is 0.400. The van der Waals surface area contributed by atoms with Crippen LogP contribution in [0.1, 0.15) is 19.4 Å². The molecular formula is C10H16N2O2S. The van der Waals surface area contributed by atoms with Gasteiger partial charge in [0.1, 0.15) is 0 Å². The second kappa shape index (κ2) is 4.63. The maximum Gasteiger partial charge on any atom is 0.235 e. The van der Waals surface area contributed by atoms with Gasteiger partial charge in [-0.25, -0.2) is 8.42 Å². The van der Waals surface area contributed by atoms with E-state index in [1.165, 1.54) is 0 Å². The molecule has 15 heavy (non-hydrogen) atoms. The first-order chi connectivity index (χ1) is 6.95. The zero-order chi connectivity index (χ0) is 11.5. The van der Waals surface area contributed by atoms with Gasteiger partial charge in [0.05, 0.1) is 5.25 Å². The summed E-state index contributed by atoms with van der Waals surface area (Å²) in [6.45, 7) is 3.67. The number of benzene rings is 1. The lowest BCUT2D eigenvalue weighted by Gasteiger charge is -2.11. The van der Waals surface area contributed by atoms with Gasteiger partial charge in [-0.3, -0.25) is 4.72 Å². The summed E-state index contributed by atoms with van der Waals surface area (Å²) < 4.78 is 25.6. The van der Waals surface area contributed by atoms with E-state index < -0.39 is 15.3 Å². The van der Waals surface area contributed by atoms with Crippen molar-refractivity contribution >= 4 is 15.7 Å². The van der Waals surface area contributed by atoms with Crippen molar-refractivity contribution in [1.82, 2.24) is 0 Å². The predicted octanol–water partition coefficient (Wildman–Crippen LogP) is 1.30. The molecule has 0 aliphatic rings. The molecule has 1 aromatic rings. The highest BCUT2D eigenvalue weighted by Gasteiger charge is 2.15. The first-order valence-corrected chi connectivity index (χ1v) is 6.31. The summed E-state index contributed by atoms with van der Waals surface area (Å²) >= 11 is 0. The summed E-state index contributed by atoms with van der Waals surface area (Å²) in [4.78, 5) is 0. The highest BCUT2D eigenvalue weighted by molar-refractivity contribution is 7.93. The molecule has 0 aromatic heterocycles. The molecule has 0 spiro atoms. The Kier molecular flexibility index (Phi) is 3.71. The molecule has 5 heteroatoms. The first kappa shape index (κ1) is 12.0. The lowest BCUT2D eigenvalue weighted by Crippen LogP contribution is -2.22. The summed E-state index contributed by atoms with van der Waals surface area (Å²) in [6.07, 6.45) is 0. The fourth-order valence-electron chi connectivity index (χ4n) is 1.04. The second-order valence-electron chi connectivity index (χ2n) is 3.60. The van der Waals surface area contributed by atoms with Crippen molar-refractivity contribution in [3.8, 4) is 0 Å². The number of sulfonamides is 1. The summed E-state index contributed by atoms with van der Waals surface area (Å²) in [5.74, 6) is 0.